The van der Waals surface area contributed by atoms with Gasteiger partial charge in [-0.05, 0) is 63.0 Å². The van der Waals surface area contributed by atoms with Crippen LogP contribution in [0.3, 0.4) is 0 Å². The predicted molar refractivity (Wildman–Crippen MR) is 84.4 cm³/mol. The van der Waals surface area contributed by atoms with Gasteiger partial charge in [0.2, 0.25) is 5.91 Å². The Labute approximate surface area is 131 Å². The van der Waals surface area contributed by atoms with Crippen molar-refractivity contribution in [3.8, 4) is 5.75 Å². The van der Waals surface area contributed by atoms with Crippen molar-refractivity contribution in [1.29, 1.82) is 0 Å². The van der Waals surface area contributed by atoms with Gasteiger partial charge in [-0.3, -0.25) is 4.79 Å². The Morgan fingerprint density at radius 3 is 2.64 bits per heavy atom. The summed E-state index contributed by atoms with van der Waals surface area (Å²) in [6.07, 6.45) is 3.36. The maximum absolute atomic E-state index is 12.8. The smallest absolute Gasteiger partial charge is 0.222 e. The first kappa shape index (κ1) is 16.7. The lowest BCUT2D eigenvalue weighted by Gasteiger charge is -2.32. The van der Waals surface area contributed by atoms with Gasteiger partial charge in [0.05, 0.1) is 6.61 Å². The number of nitrogens with one attached hydrogen (secondary N) is 1. The van der Waals surface area contributed by atoms with E-state index in [-0.39, 0.29) is 11.7 Å². The van der Waals surface area contributed by atoms with Crippen molar-refractivity contribution in [3.63, 3.8) is 0 Å². The minimum atomic E-state index is -0.274. The van der Waals surface area contributed by atoms with Gasteiger partial charge >= 0.3 is 0 Å². The molecule has 5 heteroatoms. The van der Waals surface area contributed by atoms with E-state index in [9.17, 15) is 9.18 Å². The predicted octanol–water partition coefficient (Wildman–Crippen LogP) is 2.44. The Morgan fingerprint density at radius 2 is 2.00 bits per heavy atom. The number of ether oxygens (including phenoxy) is 1. The summed E-state index contributed by atoms with van der Waals surface area (Å²) in [5.74, 6) is 1.27. The number of halogens is 1. The molecule has 1 heterocycles. The topological polar surface area (TPSA) is 41.6 Å². The Balaban J connectivity index is 1.61. The lowest BCUT2D eigenvalue weighted by atomic mass is 9.96. The fraction of sp³-hybridized carbons (Fsp3) is 0.588. The lowest BCUT2D eigenvalue weighted by molar-refractivity contribution is -0.132. The van der Waals surface area contributed by atoms with Crippen molar-refractivity contribution >= 4 is 5.91 Å². The Kier molecular flexibility index (Phi) is 6.65. The highest BCUT2D eigenvalue weighted by molar-refractivity contribution is 5.76. The molecule has 1 aromatic rings. The summed E-state index contributed by atoms with van der Waals surface area (Å²) in [4.78, 5) is 14.1. The molecule has 1 aliphatic heterocycles. The fourth-order valence-corrected chi connectivity index (χ4v) is 2.78. The normalized spacial score (nSPS) is 15.8. The standard InChI is InChI=1S/C17H25FN2O2/c1-19-13-14-8-10-20(11-9-14)17(21)3-2-12-22-16-6-4-15(18)5-7-16/h4-7,14,19H,2-3,8-13H2,1H3. The molecule has 0 atom stereocenters. The van der Waals surface area contributed by atoms with E-state index in [0.717, 1.165) is 32.5 Å². The molecule has 22 heavy (non-hydrogen) atoms. The average Bonchev–Trinajstić information content (AvgIpc) is 2.54. The molecule has 1 fully saturated rings. The minimum Gasteiger partial charge on any atom is -0.494 e. The van der Waals surface area contributed by atoms with Crippen LogP contribution >= 0.6 is 0 Å². The third kappa shape index (κ3) is 5.30. The number of likely N-dealkylation sites (tertiary alicyclic amines) is 1. The summed E-state index contributed by atoms with van der Waals surface area (Å²) in [6.45, 7) is 3.25. The number of amides is 1. The summed E-state index contributed by atoms with van der Waals surface area (Å²) in [7, 11) is 1.97. The monoisotopic (exact) mass is 308 g/mol. The van der Waals surface area contributed by atoms with E-state index in [0.29, 0.717) is 31.1 Å². The number of piperidine rings is 1. The molecule has 2 rings (SSSR count). The van der Waals surface area contributed by atoms with E-state index in [1.807, 2.05) is 11.9 Å². The Hall–Kier alpha value is -1.62. The van der Waals surface area contributed by atoms with Crippen LogP contribution in [0.2, 0.25) is 0 Å². The van der Waals surface area contributed by atoms with Gasteiger partial charge in [0, 0.05) is 19.5 Å². The van der Waals surface area contributed by atoms with Crippen LogP contribution in [0.15, 0.2) is 24.3 Å². The SMILES string of the molecule is CNCC1CCN(C(=O)CCCOc2ccc(F)cc2)CC1. The molecule has 122 valence electrons. The van der Waals surface area contributed by atoms with Crippen LogP contribution < -0.4 is 10.1 Å². The molecule has 0 aromatic heterocycles. The molecular weight excluding hydrogens is 283 g/mol. The maximum atomic E-state index is 12.8. The summed E-state index contributed by atoms with van der Waals surface area (Å²) >= 11 is 0. The first-order valence-electron chi connectivity index (χ1n) is 8.00. The number of carbonyl (C=O) groups is 1. The number of hydrogen-bond acceptors (Lipinski definition) is 3. The van der Waals surface area contributed by atoms with E-state index in [2.05, 4.69) is 5.32 Å². The second-order valence-electron chi connectivity index (χ2n) is 5.79. The highest BCUT2D eigenvalue weighted by atomic mass is 19.1. The van der Waals surface area contributed by atoms with Crippen molar-refractivity contribution in [3.05, 3.63) is 30.1 Å². The Bertz CT molecular complexity index is 456. The molecule has 0 unspecified atom stereocenters. The largest absolute Gasteiger partial charge is 0.494 e. The number of rotatable bonds is 7. The third-order valence-corrected chi connectivity index (χ3v) is 4.08. The molecule has 1 saturated heterocycles. The van der Waals surface area contributed by atoms with Gasteiger partial charge in [-0.2, -0.15) is 0 Å². The molecule has 0 aliphatic carbocycles. The zero-order chi connectivity index (χ0) is 15.8. The van der Waals surface area contributed by atoms with Crippen molar-refractivity contribution in [2.75, 3.05) is 33.3 Å². The average molecular weight is 308 g/mol. The first-order chi connectivity index (χ1) is 10.7. The molecule has 0 saturated carbocycles. The number of carbonyl (C=O) groups excluding carboxylic acids is 1. The van der Waals surface area contributed by atoms with Crippen LogP contribution in [0, 0.1) is 11.7 Å². The number of nitrogens with zero attached hydrogens (tertiary/aromatic N) is 1. The number of hydrogen-bond donors (Lipinski definition) is 1. The van der Waals surface area contributed by atoms with Gasteiger partial charge in [-0.25, -0.2) is 4.39 Å². The zero-order valence-electron chi connectivity index (χ0n) is 13.2. The maximum Gasteiger partial charge on any atom is 0.222 e. The quantitative estimate of drug-likeness (QED) is 0.787. The van der Waals surface area contributed by atoms with E-state index in [1.165, 1.54) is 12.1 Å². The van der Waals surface area contributed by atoms with Crippen LogP contribution in [0.5, 0.6) is 5.75 Å². The van der Waals surface area contributed by atoms with Gasteiger partial charge < -0.3 is 15.0 Å². The fourth-order valence-electron chi connectivity index (χ4n) is 2.78. The van der Waals surface area contributed by atoms with Gasteiger partial charge in [-0.15, -0.1) is 0 Å². The zero-order valence-corrected chi connectivity index (χ0v) is 13.2. The van der Waals surface area contributed by atoms with Crippen molar-refractivity contribution in [1.82, 2.24) is 10.2 Å². The highest BCUT2D eigenvalue weighted by Crippen LogP contribution is 2.17. The first-order valence-corrected chi connectivity index (χ1v) is 8.00. The molecular formula is C17H25FN2O2. The van der Waals surface area contributed by atoms with Crippen LogP contribution in [-0.4, -0.2) is 44.1 Å². The van der Waals surface area contributed by atoms with Crippen LogP contribution in [0.25, 0.3) is 0 Å². The molecule has 0 bridgehead atoms. The van der Waals surface area contributed by atoms with Crippen molar-refractivity contribution < 1.29 is 13.9 Å². The third-order valence-electron chi connectivity index (χ3n) is 4.08. The molecule has 1 aromatic carbocycles. The van der Waals surface area contributed by atoms with E-state index >= 15 is 0 Å². The molecule has 0 spiro atoms. The lowest BCUT2D eigenvalue weighted by Crippen LogP contribution is -2.40. The van der Waals surface area contributed by atoms with E-state index in [1.54, 1.807) is 12.1 Å². The van der Waals surface area contributed by atoms with Crippen LogP contribution in [0.4, 0.5) is 4.39 Å². The molecule has 1 N–H and O–H groups in total. The minimum absolute atomic E-state index is 0.214. The van der Waals surface area contributed by atoms with Gasteiger partial charge in [0.25, 0.3) is 0 Å². The van der Waals surface area contributed by atoms with E-state index < -0.39 is 0 Å². The van der Waals surface area contributed by atoms with Gasteiger partial charge in [-0.1, -0.05) is 0 Å². The second kappa shape index (κ2) is 8.73. The molecule has 0 radical (unpaired) electrons. The highest BCUT2D eigenvalue weighted by Gasteiger charge is 2.21. The van der Waals surface area contributed by atoms with Crippen molar-refractivity contribution in [2.45, 2.75) is 25.7 Å². The summed E-state index contributed by atoms with van der Waals surface area (Å²) < 4.78 is 18.3. The summed E-state index contributed by atoms with van der Waals surface area (Å²) in [5, 5.41) is 3.20. The van der Waals surface area contributed by atoms with E-state index in [4.69, 9.17) is 4.74 Å². The van der Waals surface area contributed by atoms with Crippen LogP contribution in [-0.2, 0) is 4.79 Å². The summed E-state index contributed by atoms with van der Waals surface area (Å²) in [6, 6.07) is 5.94. The number of benzene rings is 1. The second-order valence-corrected chi connectivity index (χ2v) is 5.79. The van der Waals surface area contributed by atoms with Crippen LogP contribution in [0.1, 0.15) is 25.7 Å². The molecule has 1 amide bonds. The summed E-state index contributed by atoms with van der Waals surface area (Å²) in [5.41, 5.74) is 0. The van der Waals surface area contributed by atoms with Gasteiger partial charge in [0.15, 0.2) is 0 Å². The molecule has 4 nitrogen and oxygen atoms in total. The molecule has 1 aliphatic rings. The van der Waals surface area contributed by atoms with Gasteiger partial charge in [0.1, 0.15) is 11.6 Å². The Morgan fingerprint density at radius 1 is 1.32 bits per heavy atom. The van der Waals surface area contributed by atoms with Crippen molar-refractivity contribution in [2.24, 2.45) is 5.92 Å².